The van der Waals surface area contributed by atoms with Crippen molar-refractivity contribution in [3.05, 3.63) is 64.7 Å². The molecule has 1 aromatic carbocycles. The van der Waals surface area contributed by atoms with Crippen molar-refractivity contribution in [3.8, 4) is 6.07 Å². The molecule has 2 aromatic rings. The van der Waals surface area contributed by atoms with Gasteiger partial charge >= 0.3 is 5.97 Å². The molecule has 1 aromatic heterocycles. The first-order valence-corrected chi connectivity index (χ1v) is 5.88. The van der Waals surface area contributed by atoms with Crippen molar-refractivity contribution in [1.82, 2.24) is 4.98 Å². The Morgan fingerprint density at radius 2 is 2.20 bits per heavy atom. The van der Waals surface area contributed by atoms with E-state index in [1.54, 1.807) is 19.1 Å². The quantitative estimate of drug-likeness (QED) is 0.804. The average Bonchev–Trinajstić information content (AvgIpc) is 2.46. The van der Waals surface area contributed by atoms with E-state index in [1.807, 2.05) is 6.07 Å². The predicted molar refractivity (Wildman–Crippen MR) is 69.2 cm³/mol. The van der Waals surface area contributed by atoms with E-state index in [9.17, 15) is 9.18 Å². The first-order chi connectivity index (χ1) is 9.60. The molecule has 1 heterocycles. The van der Waals surface area contributed by atoms with Crippen molar-refractivity contribution >= 4 is 5.97 Å². The van der Waals surface area contributed by atoms with Crippen LogP contribution in [0.25, 0.3) is 0 Å². The monoisotopic (exact) mass is 270 g/mol. The molecule has 0 aliphatic rings. The third kappa shape index (κ3) is 3.18. The number of hydrogen-bond acceptors (Lipinski definition) is 4. The number of benzene rings is 1. The number of hydrogen-bond donors (Lipinski definition) is 0. The topological polar surface area (TPSA) is 63.0 Å². The molecule has 4 nitrogen and oxygen atoms in total. The maximum absolute atomic E-state index is 13.6. The highest BCUT2D eigenvalue weighted by atomic mass is 19.1. The maximum atomic E-state index is 13.6. The number of pyridine rings is 1. The number of nitriles is 1. The van der Waals surface area contributed by atoms with Crippen LogP contribution in [0.5, 0.6) is 0 Å². The Morgan fingerprint density at radius 1 is 1.40 bits per heavy atom. The molecule has 20 heavy (non-hydrogen) atoms. The van der Waals surface area contributed by atoms with E-state index in [-0.39, 0.29) is 17.7 Å². The Labute approximate surface area is 115 Å². The lowest BCUT2D eigenvalue weighted by atomic mass is 10.1. The summed E-state index contributed by atoms with van der Waals surface area (Å²) in [5, 5.41) is 8.63. The van der Waals surface area contributed by atoms with Crippen LogP contribution in [-0.4, -0.2) is 11.0 Å². The lowest BCUT2D eigenvalue weighted by molar-refractivity contribution is 0.0468. The van der Waals surface area contributed by atoms with Crippen LogP contribution >= 0.6 is 0 Å². The zero-order chi connectivity index (χ0) is 14.5. The van der Waals surface area contributed by atoms with Crippen LogP contribution in [0.3, 0.4) is 0 Å². The number of aryl methyl sites for hydroxylation is 1. The lowest BCUT2D eigenvalue weighted by Gasteiger charge is -2.06. The molecule has 0 radical (unpaired) electrons. The van der Waals surface area contributed by atoms with Crippen molar-refractivity contribution in [3.63, 3.8) is 0 Å². The average molecular weight is 270 g/mol. The van der Waals surface area contributed by atoms with Gasteiger partial charge in [0, 0.05) is 17.5 Å². The maximum Gasteiger partial charge on any atom is 0.340 e. The third-order valence-electron chi connectivity index (χ3n) is 2.69. The van der Waals surface area contributed by atoms with Crippen molar-refractivity contribution < 1.29 is 13.9 Å². The van der Waals surface area contributed by atoms with Gasteiger partial charge in [-0.05, 0) is 31.2 Å². The first-order valence-electron chi connectivity index (χ1n) is 5.88. The van der Waals surface area contributed by atoms with Crippen LogP contribution in [0.2, 0.25) is 0 Å². The minimum absolute atomic E-state index is 0.190. The van der Waals surface area contributed by atoms with E-state index >= 15 is 0 Å². The van der Waals surface area contributed by atoms with E-state index in [0.717, 1.165) is 11.8 Å². The fourth-order valence-electron chi connectivity index (χ4n) is 1.55. The Kier molecular flexibility index (Phi) is 4.06. The summed E-state index contributed by atoms with van der Waals surface area (Å²) in [6, 6.07) is 9.13. The predicted octanol–water partition coefficient (Wildman–Crippen LogP) is 2.76. The van der Waals surface area contributed by atoms with Crippen LogP contribution in [0, 0.1) is 24.1 Å². The van der Waals surface area contributed by atoms with Crippen molar-refractivity contribution in [2.45, 2.75) is 13.5 Å². The number of aromatic nitrogens is 1. The molecule has 0 fully saturated rings. The minimum atomic E-state index is -0.570. The smallest absolute Gasteiger partial charge is 0.340 e. The normalized spacial score (nSPS) is 9.85. The van der Waals surface area contributed by atoms with Crippen LogP contribution in [0.1, 0.15) is 27.2 Å². The molecule has 0 saturated heterocycles. The van der Waals surface area contributed by atoms with Gasteiger partial charge in [-0.3, -0.25) is 4.98 Å². The van der Waals surface area contributed by atoms with Crippen molar-refractivity contribution in [1.29, 1.82) is 5.26 Å². The van der Waals surface area contributed by atoms with E-state index in [0.29, 0.717) is 5.56 Å². The van der Waals surface area contributed by atoms with Gasteiger partial charge in [0.05, 0.1) is 17.2 Å². The van der Waals surface area contributed by atoms with Crippen molar-refractivity contribution in [2.24, 2.45) is 0 Å². The molecule has 0 spiro atoms. The fraction of sp³-hybridized carbons (Fsp3) is 0.133. The van der Waals surface area contributed by atoms with Gasteiger partial charge in [-0.15, -0.1) is 0 Å². The van der Waals surface area contributed by atoms with Gasteiger partial charge in [0.2, 0.25) is 0 Å². The highest BCUT2D eigenvalue weighted by Crippen LogP contribution is 2.12. The zero-order valence-electron chi connectivity index (χ0n) is 10.8. The van der Waals surface area contributed by atoms with Gasteiger partial charge in [0.1, 0.15) is 12.4 Å². The number of carbonyl (C=O) groups is 1. The third-order valence-corrected chi connectivity index (χ3v) is 2.69. The molecule has 0 unspecified atom stereocenters. The number of carbonyl (C=O) groups excluding carboxylic acids is 1. The number of rotatable bonds is 3. The van der Waals surface area contributed by atoms with E-state index in [1.165, 1.54) is 18.3 Å². The molecule has 2 rings (SSSR count). The molecule has 0 N–H and O–H groups in total. The van der Waals surface area contributed by atoms with Crippen LogP contribution < -0.4 is 0 Å². The van der Waals surface area contributed by atoms with Gasteiger partial charge in [-0.2, -0.15) is 5.26 Å². The number of esters is 1. The number of halogens is 1. The summed E-state index contributed by atoms with van der Waals surface area (Å²) in [5.74, 6) is -1.14. The molecule has 0 atom stereocenters. The summed E-state index contributed by atoms with van der Waals surface area (Å²) in [7, 11) is 0. The highest BCUT2D eigenvalue weighted by Gasteiger charge is 2.10. The minimum Gasteiger partial charge on any atom is -0.457 e. The molecule has 100 valence electrons. The SMILES string of the molecule is Cc1ccc(C(=O)OCc2ccc(C#N)cc2F)cn1. The van der Waals surface area contributed by atoms with E-state index in [4.69, 9.17) is 10.00 Å². The molecule has 0 aliphatic carbocycles. The van der Waals surface area contributed by atoms with E-state index in [2.05, 4.69) is 4.98 Å². The molecular weight excluding hydrogens is 259 g/mol. The molecule has 0 bridgehead atoms. The second-order valence-corrected chi connectivity index (χ2v) is 4.18. The first kappa shape index (κ1) is 13.7. The van der Waals surface area contributed by atoms with Gasteiger partial charge in [-0.25, -0.2) is 9.18 Å². The molecular formula is C15H11FN2O2. The Bertz CT molecular complexity index is 675. The van der Waals surface area contributed by atoms with E-state index < -0.39 is 11.8 Å². The highest BCUT2D eigenvalue weighted by molar-refractivity contribution is 5.88. The molecule has 5 heteroatoms. The van der Waals surface area contributed by atoms with Crippen LogP contribution in [0.4, 0.5) is 4.39 Å². The summed E-state index contributed by atoms with van der Waals surface area (Å²) in [6.45, 7) is 1.62. The van der Waals surface area contributed by atoms with Crippen molar-refractivity contribution in [2.75, 3.05) is 0 Å². The van der Waals surface area contributed by atoms with Crippen LogP contribution in [-0.2, 0) is 11.3 Å². The van der Waals surface area contributed by atoms with Gasteiger partial charge in [-0.1, -0.05) is 6.07 Å². The second kappa shape index (κ2) is 5.93. The largest absolute Gasteiger partial charge is 0.457 e. The van der Waals surface area contributed by atoms with Crippen LogP contribution in [0.15, 0.2) is 36.5 Å². The summed E-state index contributed by atoms with van der Waals surface area (Å²) in [6.07, 6.45) is 1.41. The summed E-state index contributed by atoms with van der Waals surface area (Å²) < 4.78 is 18.6. The number of ether oxygens (including phenoxy) is 1. The summed E-state index contributed by atoms with van der Waals surface area (Å²) >= 11 is 0. The molecule has 0 amide bonds. The fourth-order valence-corrected chi connectivity index (χ4v) is 1.55. The number of nitrogens with zero attached hydrogens (tertiary/aromatic N) is 2. The summed E-state index contributed by atoms with van der Waals surface area (Å²) in [5.41, 5.74) is 1.54. The molecule has 0 aliphatic heterocycles. The standard InChI is InChI=1S/C15H11FN2O2/c1-10-2-4-12(8-18-10)15(19)20-9-13-5-3-11(7-17)6-14(13)16/h2-6,8H,9H2,1H3. The summed E-state index contributed by atoms with van der Waals surface area (Å²) in [4.78, 5) is 15.7. The lowest BCUT2D eigenvalue weighted by Crippen LogP contribution is -2.07. The van der Waals surface area contributed by atoms with Gasteiger partial charge in [0.25, 0.3) is 0 Å². The Hall–Kier alpha value is -2.74. The zero-order valence-corrected chi connectivity index (χ0v) is 10.8. The molecule has 0 saturated carbocycles. The second-order valence-electron chi connectivity index (χ2n) is 4.18. The Morgan fingerprint density at radius 3 is 2.80 bits per heavy atom. The van der Waals surface area contributed by atoms with Gasteiger partial charge < -0.3 is 4.74 Å². The van der Waals surface area contributed by atoms with Gasteiger partial charge in [0.15, 0.2) is 0 Å². The Balaban J connectivity index is 2.04.